The van der Waals surface area contributed by atoms with Crippen LogP contribution in [0.2, 0.25) is 0 Å². The summed E-state index contributed by atoms with van der Waals surface area (Å²) >= 11 is 0. The summed E-state index contributed by atoms with van der Waals surface area (Å²) in [6.45, 7) is 6.76. The van der Waals surface area contributed by atoms with Crippen molar-refractivity contribution in [1.82, 2.24) is 20.4 Å². The Labute approximate surface area is 194 Å². The summed E-state index contributed by atoms with van der Waals surface area (Å²) in [5.74, 6) is 1.64. The maximum absolute atomic E-state index is 13.1. The van der Waals surface area contributed by atoms with Gasteiger partial charge in [-0.2, -0.15) is 4.98 Å². The van der Waals surface area contributed by atoms with E-state index in [4.69, 9.17) is 14.2 Å². The number of methoxy groups -OCH3 is 1. The number of benzene rings is 2. The first-order valence-corrected chi connectivity index (χ1v) is 11.4. The molecule has 1 unspecified atom stereocenters. The van der Waals surface area contributed by atoms with Crippen LogP contribution in [0.25, 0.3) is 17.0 Å². The summed E-state index contributed by atoms with van der Waals surface area (Å²) in [5.41, 5.74) is 4.52. The van der Waals surface area contributed by atoms with Gasteiger partial charge in [-0.1, -0.05) is 60.8 Å². The van der Waals surface area contributed by atoms with Crippen LogP contribution >= 0.6 is 0 Å². The minimum atomic E-state index is -0.430. The zero-order valence-electron chi connectivity index (χ0n) is 19.6. The van der Waals surface area contributed by atoms with Crippen molar-refractivity contribution >= 4 is 11.6 Å². The van der Waals surface area contributed by atoms with Gasteiger partial charge in [-0.15, -0.1) is 0 Å². The molecule has 0 aliphatic carbocycles. The van der Waals surface area contributed by atoms with E-state index in [1.54, 1.807) is 12.0 Å². The normalized spacial score (nSPS) is 16.2. The predicted molar refractivity (Wildman–Crippen MR) is 128 cm³/mol. The number of allylic oxidation sites excluding steroid dienone is 1. The number of hydrogen-bond donors (Lipinski definition) is 1. The molecule has 2 amide bonds. The summed E-state index contributed by atoms with van der Waals surface area (Å²) in [6.07, 6.45) is 3.07. The fraction of sp³-hybridized carbons (Fsp3) is 0.346. The Morgan fingerprint density at radius 3 is 2.70 bits per heavy atom. The van der Waals surface area contributed by atoms with Crippen LogP contribution in [0, 0.1) is 6.92 Å². The average Bonchev–Trinajstić information content (AvgIpc) is 3.30. The molecule has 1 aliphatic rings. The van der Waals surface area contributed by atoms with Gasteiger partial charge in [0, 0.05) is 17.8 Å². The number of rotatable bonds is 8. The number of hydrogen-bond acceptors (Lipinski definition) is 5. The number of ether oxygens (including phenoxy) is 1. The molecule has 7 heteroatoms. The Hall–Kier alpha value is -3.61. The van der Waals surface area contributed by atoms with Gasteiger partial charge < -0.3 is 14.6 Å². The van der Waals surface area contributed by atoms with E-state index in [2.05, 4.69) is 17.4 Å². The number of nitrogens with one attached hydrogen (secondary N) is 1. The Morgan fingerprint density at radius 2 is 1.94 bits per heavy atom. The topological polar surface area (TPSA) is 80.5 Å². The van der Waals surface area contributed by atoms with Crippen LogP contribution in [-0.2, 0) is 0 Å². The molecule has 2 heterocycles. The SMILES string of the molecule is CCCCCN1C(=O)NC(c2cccc(OC)c2)C(c2nc(-c3cccc(C)c3)no2)=C1C. The van der Waals surface area contributed by atoms with E-state index in [0.717, 1.165) is 53.0 Å². The summed E-state index contributed by atoms with van der Waals surface area (Å²) in [5, 5.41) is 7.39. The molecular formula is C26H30N4O3. The highest BCUT2D eigenvalue weighted by Gasteiger charge is 2.35. The van der Waals surface area contributed by atoms with Gasteiger partial charge in [0.15, 0.2) is 0 Å². The average molecular weight is 447 g/mol. The highest BCUT2D eigenvalue weighted by Crippen LogP contribution is 2.38. The van der Waals surface area contributed by atoms with E-state index < -0.39 is 6.04 Å². The van der Waals surface area contributed by atoms with Crippen LogP contribution in [-0.4, -0.2) is 34.7 Å². The largest absolute Gasteiger partial charge is 0.497 e. The molecule has 1 atom stereocenters. The zero-order chi connectivity index (χ0) is 23.4. The second-order valence-electron chi connectivity index (χ2n) is 8.31. The number of aromatic nitrogens is 2. The molecule has 7 nitrogen and oxygen atoms in total. The number of carbonyl (C=O) groups is 1. The maximum Gasteiger partial charge on any atom is 0.322 e. The number of amides is 2. The lowest BCUT2D eigenvalue weighted by atomic mass is 9.94. The van der Waals surface area contributed by atoms with E-state index in [0.29, 0.717) is 18.3 Å². The van der Waals surface area contributed by atoms with E-state index >= 15 is 0 Å². The first-order valence-electron chi connectivity index (χ1n) is 11.4. The lowest BCUT2D eigenvalue weighted by Gasteiger charge is -2.35. The Kier molecular flexibility index (Phi) is 6.77. The smallest absolute Gasteiger partial charge is 0.322 e. The molecule has 0 fully saturated rings. The van der Waals surface area contributed by atoms with Crippen molar-refractivity contribution in [3.8, 4) is 17.1 Å². The third kappa shape index (κ3) is 4.77. The van der Waals surface area contributed by atoms with Crippen LogP contribution in [0.1, 0.15) is 56.2 Å². The standard InChI is InChI=1S/C26H30N4O3/c1-5-6-7-14-30-18(3)22(23(27-26(30)31)19-11-9-13-21(16-19)32-4)25-28-24(29-33-25)20-12-8-10-17(2)15-20/h8-13,15-16,23H,5-7,14H2,1-4H3,(H,27,31). The zero-order valence-corrected chi connectivity index (χ0v) is 19.6. The number of unbranched alkanes of at least 4 members (excludes halogenated alkanes) is 2. The van der Waals surface area contributed by atoms with Crippen LogP contribution in [0.5, 0.6) is 5.75 Å². The second-order valence-corrected chi connectivity index (χ2v) is 8.31. The number of aryl methyl sites for hydroxylation is 1. The second kappa shape index (κ2) is 9.90. The van der Waals surface area contributed by atoms with Gasteiger partial charge in [0.2, 0.25) is 5.82 Å². The highest BCUT2D eigenvalue weighted by atomic mass is 16.5. The van der Waals surface area contributed by atoms with Crippen LogP contribution in [0.3, 0.4) is 0 Å². The Balaban J connectivity index is 1.78. The van der Waals surface area contributed by atoms with Crippen LogP contribution < -0.4 is 10.1 Å². The highest BCUT2D eigenvalue weighted by molar-refractivity contribution is 5.87. The molecule has 4 rings (SSSR count). The molecule has 172 valence electrons. The van der Waals surface area contributed by atoms with Gasteiger partial charge in [0.25, 0.3) is 5.89 Å². The third-order valence-electron chi connectivity index (χ3n) is 5.94. The maximum atomic E-state index is 13.1. The molecule has 1 aromatic heterocycles. The molecule has 0 saturated carbocycles. The summed E-state index contributed by atoms with van der Waals surface area (Å²) in [7, 11) is 1.63. The van der Waals surface area contributed by atoms with Crippen molar-refractivity contribution in [2.45, 2.75) is 46.1 Å². The van der Waals surface area contributed by atoms with Crippen molar-refractivity contribution < 1.29 is 14.1 Å². The predicted octanol–water partition coefficient (Wildman–Crippen LogP) is 5.74. The molecule has 1 aliphatic heterocycles. The molecule has 0 bridgehead atoms. The van der Waals surface area contributed by atoms with Gasteiger partial charge in [-0.25, -0.2) is 4.79 Å². The van der Waals surface area contributed by atoms with E-state index in [9.17, 15) is 4.79 Å². The Bertz CT molecular complexity index is 1170. The van der Waals surface area contributed by atoms with Crippen LogP contribution in [0.4, 0.5) is 4.79 Å². The number of urea groups is 1. The molecule has 2 aromatic carbocycles. The van der Waals surface area contributed by atoms with Gasteiger partial charge in [-0.05, 0) is 44.0 Å². The third-order valence-corrected chi connectivity index (χ3v) is 5.94. The van der Waals surface area contributed by atoms with Gasteiger partial charge in [-0.3, -0.25) is 4.90 Å². The van der Waals surface area contributed by atoms with E-state index in [1.807, 2.05) is 62.4 Å². The fourth-order valence-electron chi connectivity index (χ4n) is 4.15. The minimum absolute atomic E-state index is 0.126. The van der Waals surface area contributed by atoms with Crippen LogP contribution in [0.15, 0.2) is 58.8 Å². The lowest BCUT2D eigenvalue weighted by molar-refractivity contribution is 0.204. The molecule has 3 aromatic rings. The first-order chi connectivity index (χ1) is 16.0. The quantitative estimate of drug-likeness (QED) is 0.446. The van der Waals surface area contributed by atoms with Crippen molar-refractivity contribution in [2.24, 2.45) is 0 Å². The number of carbonyl (C=O) groups excluding carboxylic acids is 1. The molecule has 1 N–H and O–H groups in total. The molecular weight excluding hydrogens is 416 g/mol. The van der Waals surface area contributed by atoms with Gasteiger partial charge >= 0.3 is 6.03 Å². The fourth-order valence-corrected chi connectivity index (χ4v) is 4.15. The summed E-state index contributed by atoms with van der Waals surface area (Å²) in [6, 6.07) is 15.1. The summed E-state index contributed by atoms with van der Waals surface area (Å²) < 4.78 is 11.2. The van der Waals surface area contributed by atoms with Crippen molar-refractivity contribution in [3.05, 3.63) is 71.2 Å². The monoisotopic (exact) mass is 446 g/mol. The number of nitrogens with zero attached hydrogens (tertiary/aromatic N) is 3. The van der Waals surface area contributed by atoms with Gasteiger partial charge in [0.1, 0.15) is 5.75 Å². The molecule has 0 radical (unpaired) electrons. The molecule has 0 saturated heterocycles. The van der Waals surface area contributed by atoms with Crippen molar-refractivity contribution in [3.63, 3.8) is 0 Å². The van der Waals surface area contributed by atoms with E-state index in [1.165, 1.54) is 0 Å². The summed E-state index contributed by atoms with van der Waals surface area (Å²) in [4.78, 5) is 19.6. The first kappa shape index (κ1) is 22.6. The van der Waals surface area contributed by atoms with Crippen molar-refractivity contribution in [2.75, 3.05) is 13.7 Å². The lowest BCUT2D eigenvalue weighted by Crippen LogP contribution is -2.46. The molecule has 33 heavy (non-hydrogen) atoms. The van der Waals surface area contributed by atoms with Crippen molar-refractivity contribution in [1.29, 1.82) is 0 Å². The van der Waals surface area contributed by atoms with E-state index in [-0.39, 0.29) is 6.03 Å². The van der Waals surface area contributed by atoms with Gasteiger partial charge in [0.05, 0.1) is 18.7 Å². The minimum Gasteiger partial charge on any atom is -0.497 e. The molecule has 0 spiro atoms. The Morgan fingerprint density at radius 1 is 1.12 bits per heavy atom.